The SMILES string of the molecule is COc1ccc2c(c1)[C@@]1(C)C=CC(=O)C(C)(C)C1C(=O)C2=O. The third kappa shape index (κ3) is 1.67. The van der Waals surface area contributed by atoms with Gasteiger partial charge in [-0.05, 0) is 29.8 Å². The third-order valence-corrected chi connectivity index (χ3v) is 5.08. The van der Waals surface area contributed by atoms with E-state index in [1.807, 2.05) is 6.92 Å². The number of carbonyl (C=O) groups is 3. The molecule has 1 unspecified atom stereocenters. The molecule has 0 spiro atoms. The van der Waals surface area contributed by atoms with Crippen LogP contribution in [0.3, 0.4) is 0 Å². The molecular weight excluding hydrogens is 280 g/mol. The van der Waals surface area contributed by atoms with E-state index >= 15 is 0 Å². The molecule has 0 saturated carbocycles. The molecule has 0 aliphatic heterocycles. The number of Topliss-reactive ketones (excluding diaryl/α,β-unsaturated/α-hetero) is 2. The van der Waals surface area contributed by atoms with Gasteiger partial charge in [-0.2, -0.15) is 0 Å². The minimum absolute atomic E-state index is 0.123. The van der Waals surface area contributed by atoms with Crippen molar-refractivity contribution in [3.63, 3.8) is 0 Å². The van der Waals surface area contributed by atoms with Gasteiger partial charge in [0, 0.05) is 16.4 Å². The first-order valence-electron chi connectivity index (χ1n) is 7.24. The van der Waals surface area contributed by atoms with Gasteiger partial charge in [-0.3, -0.25) is 14.4 Å². The highest BCUT2D eigenvalue weighted by Crippen LogP contribution is 2.52. The summed E-state index contributed by atoms with van der Waals surface area (Å²) in [5, 5.41) is 0. The van der Waals surface area contributed by atoms with Crippen molar-refractivity contribution in [2.45, 2.75) is 26.2 Å². The molecule has 0 aromatic heterocycles. The number of carbonyl (C=O) groups excluding carboxylic acids is 3. The molecule has 0 amide bonds. The zero-order valence-corrected chi connectivity index (χ0v) is 13.1. The van der Waals surface area contributed by atoms with Crippen LogP contribution in [0.15, 0.2) is 30.4 Å². The molecule has 2 aliphatic rings. The van der Waals surface area contributed by atoms with Gasteiger partial charge in [0.1, 0.15) is 5.75 Å². The first-order valence-corrected chi connectivity index (χ1v) is 7.24. The smallest absolute Gasteiger partial charge is 0.229 e. The lowest BCUT2D eigenvalue weighted by Crippen LogP contribution is -2.55. The summed E-state index contributed by atoms with van der Waals surface area (Å²) in [7, 11) is 1.56. The Bertz CT molecular complexity index is 741. The Morgan fingerprint density at radius 1 is 1.09 bits per heavy atom. The van der Waals surface area contributed by atoms with E-state index in [2.05, 4.69) is 0 Å². The molecule has 4 nitrogen and oxygen atoms in total. The number of rotatable bonds is 1. The Morgan fingerprint density at radius 3 is 2.41 bits per heavy atom. The van der Waals surface area contributed by atoms with Crippen molar-refractivity contribution in [3.05, 3.63) is 41.5 Å². The summed E-state index contributed by atoms with van der Waals surface area (Å²) in [6.07, 6.45) is 3.29. The van der Waals surface area contributed by atoms with E-state index in [-0.39, 0.29) is 5.78 Å². The highest BCUT2D eigenvalue weighted by Gasteiger charge is 2.57. The number of hydrogen-bond acceptors (Lipinski definition) is 4. The largest absolute Gasteiger partial charge is 0.497 e. The first-order chi connectivity index (χ1) is 10.2. The fourth-order valence-electron chi connectivity index (χ4n) is 3.85. The lowest BCUT2D eigenvalue weighted by molar-refractivity contribution is -0.136. The molecule has 0 radical (unpaired) electrons. The molecule has 22 heavy (non-hydrogen) atoms. The van der Waals surface area contributed by atoms with Crippen molar-refractivity contribution in [1.29, 1.82) is 0 Å². The second-order valence-electron chi connectivity index (χ2n) is 6.74. The minimum Gasteiger partial charge on any atom is -0.497 e. The van der Waals surface area contributed by atoms with Gasteiger partial charge < -0.3 is 4.74 Å². The summed E-state index contributed by atoms with van der Waals surface area (Å²) in [6.45, 7) is 5.38. The normalized spacial score (nSPS) is 29.1. The summed E-state index contributed by atoms with van der Waals surface area (Å²) in [6, 6.07) is 5.10. The van der Waals surface area contributed by atoms with Crippen LogP contribution in [0.1, 0.15) is 36.7 Å². The average Bonchev–Trinajstić information content (AvgIpc) is 2.48. The number of methoxy groups -OCH3 is 1. The topological polar surface area (TPSA) is 60.4 Å². The molecule has 0 N–H and O–H groups in total. The Labute approximate surface area is 129 Å². The fraction of sp³-hybridized carbons (Fsp3) is 0.389. The number of fused-ring (bicyclic) bond motifs is 3. The van der Waals surface area contributed by atoms with Gasteiger partial charge in [-0.15, -0.1) is 0 Å². The Morgan fingerprint density at radius 2 is 1.77 bits per heavy atom. The van der Waals surface area contributed by atoms with Crippen LogP contribution in [0, 0.1) is 11.3 Å². The fourth-order valence-corrected chi connectivity index (χ4v) is 3.85. The molecule has 0 heterocycles. The second kappa shape index (κ2) is 4.38. The summed E-state index contributed by atoms with van der Waals surface area (Å²) in [5.41, 5.74) is -0.443. The lowest BCUT2D eigenvalue weighted by Gasteiger charge is -2.48. The lowest BCUT2D eigenvalue weighted by atomic mass is 9.52. The van der Waals surface area contributed by atoms with Gasteiger partial charge in [0.15, 0.2) is 5.78 Å². The van der Waals surface area contributed by atoms with Gasteiger partial charge >= 0.3 is 0 Å². The molecule has 3 rings (SSSR count). The summed E-state index contributed by atoms with van der Waals surface area (Å²) >= 11 is 0. The molecule has 1 aromatic rings. The average molecular weight is 298 g/mol. The first kappa shape index (κ1) is 14.7. The van der Waals surface area contributed by atoms with Gasteiger partial charge in [0.25, 0.3) is 0 Å². The Balaban J connectivity index is 2.34. The molecular formula is C18H18O4. The van der Waals surface area contributed by atoms with Crippen molar-refractivity contribution in [1.82, 2.24) is 0 Å². The highest BCUT2D eigenvalue weighted by molar-refractivity contribution is 6.46. The number of hydrogen-bond donors (Lipinski definition) is 0. The van der Waals surface area contributed by atoms with Crippen molar-refractivity contribution in [2.24, 2.45) is 11.3 Å². The van der Waals surface area contributed by atoms with E-state index in [9.17, 15) is 14.4 Å². The summed E-state index contributed by atoms with van der Waals surface area (Å²) in [4.78, 5) is 37.4. The van der Waals surface area contributed by atoms with Crippen molar-refractivity contribution >= 4 is 17.3 Å². The molecule has 4 heteroatoms. The van der Waals surface area contributed by atoms with Crippen LogP contribution in [-0.2, 0) is 15.0 Å². The molecule has 2 atom stereocenters. The zero-order chi connectivity index (χ0) is 16.3. The predicted octanol–water partition coefficient (Wildman–Crippen LogP) is 2.50. The van der Waals surface area contributed by atoms with Gasteiger partial charge in [0.2, 0.25) is 11.6 Å². The van der Waals surface area contributed by atoms with E-state index in [4.69, 9.17) is 4.74 Å². The van der Waals surface area contributed by atoms with E-state index in [1.54, 1.807) is 45.2 Å². The number of ether oxygens (including phenoxy) is 1. The van der Waals surface area contributed by atoms with Crippen LogP contribution < -0.4 is 4.74 Å². The summed E-state index contributed by atoms with van der Waals surface area (Å²) < 4.78 is 5.25. The molecule has 0 saturated heterocycles. The quantitative estimate of drug-likeness (QED) is 0.747. The van der Waals surface area contributed by atoms with Crippen molar-refractivity contribution < 1.29 is 19.1 Å². The van der Waals surface area contributed by atoms with E-state index in [0.29, 0.717) is 11.3 Å². The monoisotopic (exact) mass is 298 g/mol. The summed E-state index contributed by atoms with van der Waals surface area (Å²) in [5.74, 6) is -1.18. The van der Waals surface area contributed by atoms with Crippen LogP contribution in [0.5, 0.6) is 5.75 Å². The molecule has 114 valence electrons. The maximum absolute atomic E-state index is 12.7. The maximum Gasteiger partial charge on any atom is 0.229 e. The number of allylic oxidation sites excluding steroid dienone is 2. The van der Waals surface area contributed by atoms with Crippen LogP contribution in [-0.4, -0.2) is 24.5 Å². The zero-order valence-electron chi connectivity index (χ0n) is 13.1. The van der Waals surface area contributed by atoms with Crippen molar-refractivity contribution in [3.8, 4) is 5.75 Å². The molecule has 0 bridgehead atoms. The van der Waals surface area contributed by atoms with Gasteiger partial charge in [-0.1, -0.05) is 26.8 Å². The number of benzene rings is 1. The Hall–Kier alpha value is -2.23. The van der Waals surface area contributed by atoms with Gasteiger partial charge in [0.05, 0.1) is 13.0 Å². The molecule has 1 aromatic carbocycles. The van der Waals surface area contributed by atoms with Crippen molar-refractivity contribution in [2.75, 3.05) is 7.11 Å². The van der Waals surface area contributed by atoms with Gasteiger partial charge in [-0.25, -0.2) is 0 Å². The minimum atomic E-state index is -0.906. The highest BCUT2D eigenvalue weighted by atomic mass is 16.5. The predicted molar refractivity (Wildman–Crippen MR) is 81.1 cm³/mol. The van der Waals surface area contributed by atoms with Crippen LogP contribution in [0.4, 0.5) is 0 Å². The maximum atomic E-state index is 12.7. The van der Waals surface area contributed by atoms with Crippen LogP contribution in [0.2, 0.25) is 0 Å². The molecule has 2 aliphatic carbocycles. The van der Waals surface area contributed by atoms with E-state index in [0.717, 1.165) is 5.56 Å². The van der Waals surface area contributed by atoms with E-state index < -0.39 is 28.3 Å². The van der Waals surface area contributed by atoms with Crippen LogP contribution >= 0.6 is 0 Å². The van der Waals surface area contributed by atoms with Crippen LogP contribution in [0.25, 0.3) is 0 Å². The molecule has 0 fully saturated rings. The standard InChI is InChI=1S/C18H18O4/c1-17(2)13(19)7-8-18(3)12-9-10(22-4)5-6-11(12)14(20)15(21)16(17)18/h5-9,16H,1-4H3/t16?,18-/m1/s1. The number of ketones is 3. The van der Waals surface area contributed by atoms with E-state index in [1.165, 1.54) is 6.08 Å². The third-order valence-electron chi connectivity index (χ3n) is 5.08. The Kier molecular flexibility index (Phi) is 2.93. The second-order valence-corrected chi connectivity index (χ2v) is 6.74.